The first-order valence-electron chi connectivity index (χ1n) is 6.74. The van der Waals surface area contributed by atoms with Gasteiger partial charge >= 0.3 is 0 Å². The third-order valence-electron chi connectivity index (χ3n) is 3.81. The second-order valence-corrected chi connectivity index (χ2v) is 5.11. The summed E-state index contributed by atoms with van der Waals surface area (Å²) >= 11 is 0. The van der Waals surface area contributed by atoms with Crippen LogP contribution in [0.15, 0.2) is 16.9 Å². The largest absolute Gasteiger partial charge is 0.361 e. The fourth-order valence-electron chi connectivity index (χ4n) is 2.69. The molecule has 0 aromatic carbocycles. The summed E-state index contributed by atoms with van der Waals surface area (Å²) in [6, 6.07) is 0.325. The lowest BCUT2D eigenvalue weighted by atomic mass is 10.0. The maximum absolute atomic E-state index is 12.5. The first kappa shape index (κ1) is 12.8. The molecule has 7 nitrogen and oxygen atoms in total. The molecule has 1 aliphatic rings. The number of hydrogen-bond acceptors (Lipinski definition) is 5. The first-order valence-corrected chi connectivity index (χ1v) is 6.74. The molecule has 0 radical (unpaired) electrons. The number of hydrogen-bond donors (Lipinski definition) is 0. The van der Waals surface area contributed by atoms with E-state index >= 15 is 0 Å². The van der Waals surface area contributed by atoms with Crippen LogP contribution in [0.3, 0.4) is 0 Å². The van der Waals surface area contributed by atoms with E-state index < -0.39 is 0 Å². The van der Waals surface area contributed by atoms with Crippen molar-refractivity contribution in [1.29, 1.82) is 0 Å². The van der Waals surface area contributed by atoms with Gasteiger partial charge in [-0.1, -0.05) is 10.4 Å². The molecule has 0 atom stereocenters. The van der Waals surface area contributed by atoms with Crippen LogP contribution >= 0.6 is 0 Å². The van der Waals surface area contributed by atoms with Gasteiger partial charge in [0.2, 0.25) is 0 Å². The van der Waals surface area contributed by atoms with Gasteiger partial charge in [-0.25, -0.2) is 4.68 Å². The molecule has 1 fully saturated rings. The van der Waals surface area contributed by atoms with E-state index in [1.54, 1.807) is 20.0 Å². The van der Waals surface area contributed by atoms with Crippen molar-refractivity contribution in [2.24, 2.45) is 0 Å². The van der Waals surface area contributed by atoms with E-state index in [9.17, 15) is 4.79 Å². The molecule has 2 aromatic rings. The lowest BCUT2D eigenvalue weighted by Crippen LogP contribution is -2.39. The van der Waals surface area contributed by atoms with Gasteiger partial charge in [0.05, 0.1) is 17.9 Å². The van der Waals surface area contributed by atoms with Crippen LogP contribution in [0.1, 0.15) is 40.7 Å². The van der Waals surface area contributed by atoms with E-state index in [4.69, 9.17) is 4.52 Å². The second-order valence-electron chi connectivity index (χ2n) is 5.11. The topological polar surface area (TPSA) is 77.0 Å². The summed E-state index contributed by atoms with van der Waals surface area (Å²) in [5, 5.41) is 11.7. The van der Waals surface area contributed by atoms with Gasteiger partial charge < -0.3 is 9.42 Å². The van der Waals surface area contributed by atoms with Crippen molar-refractivity contribution >= 4 is 5.91 Å². The Labute approximate surface area is 116 Å². The van der Waals surface area contributed by atoms with Crippen molar-refractivity contribution in [2.45, 2.75) is 32.7 Å². The summed E-state index contributed by atoms with van der Waals surface area (Å²) in [5.41, 5.74) is 1.26. The number of aryl methyl sites for hydroxylation is 2. The molecule has 1 amide bonds. The lowest BCUT2D eigenvalue weighted by Gasteiger charge is -2.31. The van der Waals surface area contributed by atoms with Crippen LogP contribution < -0.4 is 0 Å². The summed E-state index contributed by atoms with van der Waals surface area (Å²) in [6.45, 7) is 5.00. The number of piperidine rings is 1. The third-order valence-corrected chi connectivity index (χ3v) is 3.81. The predicted molar refractivity (Wildman–Crippen MR) is 70.2 cm³/mol. The highest BCUT2D eigenvalue weighted by Crippen LogP contribution is 2.24. The van der Waals surface area contributed by atoms with Gasteiger partial charge in [0.1, 0.15) is 11.3 Å². The molecule has 2 aromatic heterocycles. The zero-order chi connectivity index (χ0) is 14.1. The van der Waals surface area contributed by atoms with Crippen LogP contribution in [0, 0.1) is 13.8 Å². The molecular formula is C13H17N5O2. The van der Waals surface area contributed by atoms with Crippen molar-refractivity contribution in [2.75, 3.05) is 13.1 Å². The van der Waals surface area contributed by atoms with Crippen molar-refractivity contribution < 1.29 is 9.32 Å². The summed E-state index contributed by atoms with van der Waals surface area (Å²) in [4.78, 5) is 14.3. The molecule has 1 saturated heterocycles. The number of aromatic nitrogens is 4. The molecule has 1 aliphatic heterocycles. The molecule has 0 spiro atoms. The summed E-state index contributed by atoms with van der Waals surface area (Å²) in [7, 11) is 0. The van der Waals surface area contributed by atoms with Crippen LogP contribution in [-0.2, 0) is 0 Å². The number of amides is 1. The number of rotatable bonds is 2. The minimum atomic E-state index is 0.0123. The first-order chi connectivity index (χ1) is 9.66. The van der Waals surface area contributed by atoms with E-state index in [2.05, 4.69) is 15.5 Å². The normalized spacial score (nSPS) is 16.6. The Hall–Kier alpha value is -2.18. The van der Waals surface area contributed by atoms with E-state index in [0.29, 0.717) is 36.1 Å². The molecule has 0 aliphatic carbocycles. The highest BCUT2D eigenvalue weighted by molar-refractivity contribution is 5.96. The average molecular weight is 275 g/mol. The number of likely N-dealkylation sites (tertiary alicyclic amines) is 1. The van der Waals surface area contributed by atoms with Gasteiger partial charge in [-0.15, -0.1) is 5.10 Å². The van der Waals surface area contributed by atoms with Crippen molar-refractivity contribution in [1.82, 2.24) is 25.1 Å². The lowest BCUT2D eigenvalue weighted by molar-refractivity contribution is 0.0687. The van der Waals surface area contributed by atoms with Crippen molar-refractivity contribution in [3.05, 3.63) is 29.4 Å². The monoisotopic (exact) mass is 275 g/mol. The Morgan fingerprint density at radius 1 is 1.35 bits per heavy atom. The van der Waals surface area contributed by atoms with Crippen LogP contribution in [-0.4, -0.2) is 44.0 Å². The van der Waals surface area contributed by atoms with Gasteiger partial charge in [-0.3, -0.25) is 4.79 Å². The third kappa shape index (κ3) is 2.19. The predicted octanol–water partition coefficient (Wildman–Crippen LogP) is 1.36. The maximum atomic E-state index is 12.5. The fourth-order valence-corrected chi connectivity index (χ4v) is 2.69. The van der Waals surface area contributed by atoms with Gasteiger partial charge in [-0.2, -0.15) is 0 Å². The van der Waals surface area contributed by atoms with Gasteiger partial charge in [-0.05, 0) is 26.7 Å². The quantitative estimate of drug-likeness (QED) is 0.827. The van der Waals surface area contributed by atoms with Gasteiger partial charge in [0, 0.05) is 19.3 Å². The fraction of sp³-hybridized carbons (Fsp3) is 0.538. The van der Waals surface area contributed by atoms with E-state index in [1.165, 1.54) is 0 Å². The Bertz CT molecular complexity index is 577. The number of carbonyl (C=O) groups excluding carboxylic acids is 1. The SMILES string of the molecule is Cc1noc(C)c1C(=O)N1CCC(n2ccnn2)CC1. The Kier molecular flexibility index (Phi) is 3.25. The maximum Gasteiger partial charge on any atom is 0.259 e. The Morgan fingerprint density at radius 3 is 2.65 bits per heavy atom. The van der Waals surface area contributed by atoms with E-state index in [-0.39, 0.29) is 5.91 Å². The average Bonchev–Trinajstić information content (AvgIpc) is 3.09. The molecule has 3 heterocycles. The summed E-state index contributed by atoms with van der Waals surface area (Å²) in [5.74, 6) is 0.601. The van der Waals surface area contributed by atoms with E-state index in [0.717, 1.165) is 12.8 Å². The minimum absolute atomic E-state index is 0.0123. The molecule has 0 unspecified atom stereocenters. The van der Waals surface area contributed by atoms with Crippen molar-refractivity contribution in [3.8, 4) is 0 Å². The highest BCUT2D eigenvalue weighted by Gasteiger charge is 2.28. The summed E-state index contributed by atoms with van der Waals surface area (Å²) < 4.78 is 6.94. The zero-order valence-corrected chi connectivity index (χ0v) is 11.6. The smallest absolute Gasteiger partial charge is 0.259 e. The molecule has 7 heteroatoms. The Morgan fingerprint density at radius 2 is 2.10 bits per heavy atom. The van der Waals surface area contributed by atoms with Crippen LogP contribution in [0.2, 0.25) is 0 Å². The van der Waals surface area contributed by atoms with Gasteiger partial charge in [0.15, 0.2) is 0 Å². The van der Waals surface area contributed by atoms with Crippen molar-refractivity contribution in [3.63, 3.8) is 0 Å². The molecule has 0 N–H and O–H groups in total. The standard InChI is InChI=1S/C13H17N5O2/c1-9-12(10(2)20-15-9)13(19)17-6-3-11(4-7-17)18-8-5-14-16-18/h5,8,11H,3-4,6-7H2,1-2H3. The highest BCUT2D eigenvalue weighted by atomic mass is 16.5. The second kappa shape index (κ2) is 5.07. The van der Waals surface area contributed by atoms with Gasteiger partial charge in [0.25, 0.3) is 5.91 Å². The van der Waals surface area contributed by atoms with Crippen LogP contribution in [0.25, 0.3) is 0 Å². The Balaban J connectivity index is 1.68. The molecule has 0 saturated carbocycles. The molecule has 106 valence electrons. The minimum Gasteiger partial charge on any atom is -0.361 e. The molecule has 3 rings (SSSR count). The summed E-state index contributed by atoms with van der Waals surface area (Å²) in [6.07, 6.45) is 5.33. The zero-order valence-electron chi connectivity index (χ0n) is 11.6. The number of nitrogens with zero attached hydrogens (tertiary/aromatic N) is 5. The van der Waals surface area contributed by atoms with Crippen LogP contribution in [0.4, 0.5) is 0 Å². The van der Waals surface area contributed by atoms with Crippen LogP contribution in [0.5, 0.6) is 0 Å². The van der Waals surface area contributed by atoms with E-state index in [1.807, 2.05) is 15.8 Å². The molecular weight excluding hydrogens is 258 g/mol. The molecule has 0 bridgehead atoms. The molecule has 20 heavy (non-hydrogen) atoms. The number of carbonyl (C=O) groups is 1.